The Morgan fingerprint density at radius 2 is 1.92 bits per heavy atom. The largest absolute Gasteiger partial charge is 0.497 e. The van der Waals surface area contributed by atoms with Crippen LogP contribution in [0.15, 0.2) is 54.7 Å². The van der Waals surface area contributed by atoms with Gasteiger partial charge in [0.1, 0.15) is 11.4 Å². The van der Waals surface area contributed by atoms with Gasteiger partial charge in [0.25, 0.3) is 5.91 Å². The van der Waals surface area contributed by atoms with Crippen LogP contribution in [-0.2, 0) is 0 Å². The lowest BCUT2D eigenvalue weighted by Gasteiger charge is -2.34. The van der Waals surface area contributed by atoms with Crippen LogP contribution < -0.4 is 4.74 Å². The van der Waals surface area contributed by atoms with Gasteiger partial charge in [-0.3, -0.25) is 14.7 Å². The van der Waals surface area contributed by atoms with E-state index in [1.807, 2.05) is 23.1 Å². The molecule has 130 valence electrons. The van der Waals surface area contributed by atoms with E-state index in [1.54, 1.807) is 25.4 Å². The zero-order valence-electron chi connectivity index (χ0n) is 14.5. The van der Waals surface area contributed by atoms with Crippen LogP contribution in [0.5, 0.6) is 5.75 Å². The van der Waals surface area contributed by atoms with Gasteiger partial charge >= 0.3 is 0 Å². The monoisotopic (exact) mass is 337 g/mol. The molecule has 0 bridgehead atoms. The summed E-state index contributed by atoms with van der Waals surface area (Å²) in [5.74, 6) is 0.626. The summed E-state index contributed by atoms with van der Waals surface area (Å²) in [5, 5.41) is 0. The molecule has 1 aliphatic rings. The molecule has 2 aromatic rings. The molecular weight excluding hydrogens is 314 g/mol. The molecule has 0 N–H and O–H groups in total. The maximum Gasteiger partial charge on any atom is 0.272 e. The third kappa shape index (κ3) is 4.67. The van der Waals surface area contributed by atoms with E-state index < -0.39 is 0 Å². The van der Waals surface area contributed by atoms with Crippen LogP contribution in [0.25, 0.3) is 6.08 Å². The molecule has 5 nitrogen and oxygen atoms in total. The molecule has 1 fully saturated rings. The van der Waals surface area contributed by atoms with Crippen molar-refractivity contribution in [2.75, 3.05) is 39.8 Å². The van der Waals surface area contributed by atoms with E-state index in [9.17, 15) is 4.79 Å². The molecule has 1 amide bonds. The molecule has 0 aliphatic carbocycles. The number of pyridine rings is 1. The highest BCUT2D eigenvalue weighted by atomic mass is 16.5. The van der Waals surface area contributed by atoms with Crippen LogP contribution in [0, 0.1) is 0 Å². The van der Waals surface area contributed by atoms with E-state index in [0.29, 0.717) is 11.4 Å². The van der Waals surface area contributed by atoms with Crippen molar-refractivity contribution in [1.82, 2.24) is 14.8 Å². The van der Waals surface area contributed by atoms with Crippen molar-refractivity contribution in [3.05, 3.63) is 66.0 Å². The average molecular weight is 337 g/mol. The molecule has 3 rings (SSSR count). The highest BCUT2D eigenvalue weighted by Crippen LogP contribution is 2.13. The summed E-state index contributed by atoms with van der Waals surface area (Å²) in [5.41, 5.74) is 1.65. The lowest BCUT2D eigenvalue weighted by atomic mass is 10.2. The first kappa shape index (κ1) is 17.2. The van der Waals surface area contributed by atoms with Crippen LogP contribution in [0.2, 0.25) is 0 Å². The number of nitrogens with zero attached hydrogens (tertiary/aromatic N) is 3. The van der Waals surface area contributed by atoms with E-state index in [2.05, 4.69) is 34.2 Å². The zero-order valence-corrected chi connectivity index (χ0v) is 14.5. The minimum Gasteiger partial charge on any atom is -0.497 e. The molecule has 5 heteroatoms. The van der Waals surface area contributed by atoms with E-state index in [4.69, 9.17) is 4.74 Å². The van der Waals surface area contributed by atoms with E-state index in [1.165, 1.54) is 5.56 Å². The molecule has 1 aromatic carbocycles. The maximum absolute atomic E-state index is 12.5. The minimum atomic E-state index is -0.0293. The molecule has 0 atom stereocenters. The number of carbonyl (C=O) groups is 1. The number of benzene rings is 1. The number of hydrogen-bond acceptors (Lipinski definition) is 4. The van der Waals surface area contributed by atoms with Gasteiger partial charge < -0.3 is 9.64 Å². The van der Waals surface area contributed by atoms with Gasteiger partial charge in [-0.1, -0.05) is 42.5 Å². The molecule has 2 heterocycles. The van der Waals surface area contributed by atoms with Gasteiger partial charge in [-0.15, -0.1) is 0 Å². The number of amides is 1. The van der Waals surface area contributed by atoms with Crippen LogP contribution in [0.3, 0.4) is 0 Å². The van der Waals surface area contributed by atoms with Crippen molar-refractivity contribution in [2.24, 2.45) is 0 Å². The Morgan fingerprint density at radius 3 is 2.64 bits per heavy atom. The fourth-order valence-electron chi connectivity index (χ4n) is 2.85. The lowest BCUT2D eigenvalue weighted by molar-refractivity contribution is 0.0644. The predicted octanol–water partition coefficient (Wildman–Crippen LogP) is 2.56. The smallest absolute Gasteiger partial charge is 0.272 e. The summed E-state index contributed by atoms with van der Waals surface area (Å²) >= 11 is 0. The summed E-state index contributed by atoms with van der Waals surface area (Å²) in [6, 6.07) is 13.7. The van der Waals surface area contributed by atoms with Crippen molar-refractivity contribution in [2.45, 2.75) is 0 Å². The zero-order chi connectivity index (χ0) is 17.5. The number of rotatable bonds is 5. The Labute approximate surface area is 148 Å². The number of piperazine rings is 1. The van der Waals surface area contributed by atoms with E-state index >= 15 is 0 Å². The third-order valence-corrected chi connectivity index (χ3v) is 4.32. The number of aromatic nitrogens is 1. The van der Waals surface area contributed by atoms with Crippen LogP contribution in [0.1, 0.15) is 16.1 Å². The van der Waals surface area contributed by atoms with E-state index in [-0.39, 0.29) is 5.91 Å². The molecule has 1 aliphatic heterocycles. The number of ether oxygens (including phenoxy) is 1. The fourth-order valence-corrected chi connectivity index (χ4v) is 2.85. The summed E-state index contributed by atoms with van der Waals surface area (Å²) < 4.78 is 5.16. The van der Waals surface area contributed by atoms with Gasteiger partial charge in [-0.05, 0) is 11.6 Å². The van der Waals surface area contributed by atoms with Crippen molar-refractivity contribution in [1.29, 1.82) is 0 Å². The standard InChI is InChI=1S/C20H23N3O2/c1-25-18-9-10-21-19(16-18)20(24)23-14-12-22(13-15-23)11-5-8-17-6-3-2-4-7-17/h2-10,16H,11-15H2,1H3. The Bertz CT molecular complexity index is 723. The van der Waals surface area contributed by atoms with Crippen molar-refractivity contribution in [3.63, 3.8) is 0 Å². The molecule has 25 heavy (non-hydrogen) atoms. The molecule has 0 unspecified atom stereocenters. The highest BCUT2D eigenvalue weighted by Gasteiger charge is 2.22. The summed E-state index contributed by atoms with van der Waals surface area (Å²) in [6.07, 6.45) is 5.92. The van der Waals surface area contributed by atoms with Crippen molar-refractivity contribution >= 4 is 12.0 Å². The minimum absolute atomic E-state index is 0.0293. The Kier molecular flexibility index (Phi) is 5.80. The molecule has 0 radical (unpaired) electrons. The molecule has 1 saturated heterocycles. The quantitative estimate of drug-likeness (QED) is 0.841. The second-order valence-corrected chi connectivity index (χ2v) is 5.99. The second kappa shape index (κ2) is 8.44. The number of methoxy groups -OCH3 is 1. The number of hydrogen-bond donors (Lipinski definition) is 0. The van der Waals surface area contributed by atoms with Crippen LogP contribution in [-0.4, -0.2) is 60.5 Å². The van der Waals surface area contributed by atoms with Gasteiger partial charge in [0.2, 0.25) is 0 Å². The third-order valence-electron chi connectivity index (χ3n) is 4.32. The molecule has 0 spiro atoms. The Morgan fingerprint density at radius 1 is 1.16 bits per heavy atom. The molecule has 0 saturated carbocycles. The average Bonchev–Trinajstić information content (AvgIpc) is 2.69. The highest BCUT2D eigenvalue weighted by molar-refractivity contribution is 5.92. The topological polar surface area (TPSA) is 45.7 Å². The molecule has 1 aromatic heterocycles. The second-order valence-electron chi connectivity index (χ2n) is 5.99. The van der Waals surface area contributed by atoms with Gasteiger partial charge in [-0.25, -0.2) is 0 Å². The van der Waals surface area contributed by atoms with Gasteiger partial charge in [-0.2, -0.15) is 0 Å². The maximum atomic E-state index is 12.5. The van der Waals surface area contributed by atoms with Crippen molar-refractivity contribution < 1.29 is 9.53 Å². The van der Waals surface area contributed by atoms with Gasteiger partial charge in [0.15, 0.2) is 0 Å². The van der Waals surface area contributed by atoms with Crippen LogP contribution in [0.4, 0.5) is 0 Å². The summed E-state index contributed by atoms with van der Waals surface area (Å²) in [7, 11) is 1.59. The first-order valence-electron chi connectivity index (χ1n) is 8.49. The lowest BCUT2D eigenvalue weighted by Crippen LogP contribution is -2.48. The SMILES string of the molecule is COc1ccnc(C(=O)N2CCN(CC=Cc3ccccc3)CC2)c1. The van der Waals surface area contributed by atoms with E-state index in [0.717, 1.165) is 32.7 Å². The van der Waals surface area contributed by atoms with Crippen molar-refractivity contribution in [3.8, 4) is 5.75 Å². The number of carbonyl (C=O) groups excluding carboxylic acids is 1. The first-order valence-corrected chi connectivity index (χ1v) is 8.49. The predicted molar refractivity (Wildman–Crippen MR) is 98.6 cm³/mol. The Balaban J connectivity index is 1.49. The van der Waals surface area contributed by atoms with Gasteiger partial charge in [0, 0.05) is 45.0 Å². The Hall–Kier alpha value is -2.66. The molecular formula is C20H23N3O2. The summed E-state index contributed by atoms with van der Waals surface area (Å²) in [4.78, 5) is 20.9. The summed E-state index contributed by atoms with van der Waals surface area (Å²) in [6.45, 7) is 4.08. The normalized spacial score (nSPS) is 15.5. The fraction of sp³-hybridized carbons (Fsp3) is 0.300. The van der Waals surface area contributed by atoms with Crippen LogP contribution >= 0.6 is 0 Å². The first-order chi connectivity index (χ1) is 12.3. The van der Waals surface area contributed by atoms with Gasteiger partial charge in [0.05, 0.1) is 7.11 Å².